The molecule has 0 saturated carbocycles. The minimum atomic E-state index is -0.900. The van der Waals surface area contributed by atoms with Crippen LogP contribution >= 0.6 is 0 Å². The van der Waals surface area contributed by atoms with Crippen LogP contribution in [0.1, 0.15) is 0 Å². The van der Waals surface area contributed by atoms with Crippen LogP contribution in [0.15, 0.2) is 18.2 Å². The molecule has 16 heavy (non-hydrogen) atoms. The van der Waals surface area contributed by atoms with Gasteiger partial charge in [-0.2, -0.15) is 0 Å². The summed E-state index contributed by atoms with van der Waals surface area (Å²) >= 11 is 0. The van der Waals surface area contributed by atoms with Crippen LogP contribution in [0.3, 0.4) is 0 Å². The van der Waals surface area contributed by atoms with E-state index in [1.165, 1.54) is 4.90 Å². The van der Waals surface area contributed by atoms with E-state index in [4.69, 9.17) is 10.8 Å². The third-order valence-corrected chi connectivity index (χ3v) is 2.23. The normalized spacial score (nSPS) is 10.6. The van der Waals surface area contributed by atoms with E-state index >= 15 is 0 Å². The average Bonchev–Trinajstić information content (AvgIpc) is 2.59. The minimum absolute atomic E-state index is 0.102. The molecule has 4 N–H and O–H groups in total. The van der Waals surface area contributed by atoms with Crippen molar-refractivity contribution in [2.45, 2.75) is 0 Å². The number of aromatic nitrogens is 2. The Balaban J connectivity index is 2.35. The first-order valence-corrected chi connectivity index (χ1v) is 4.74. The Hall–Kier alpha value is -2.24. The number of nitrogens with two attached hydrogens (primary N) is 1. The molecule has 0 spiro atoms. The second kappa shape index (κ2) is 3.73. The maximum atomic E-state index is 10.5. The lowest BCUT2D eigenvalue weighted by atomic mass is 10.3. The number of nitrogen functional groups attached to an aromatic ring is 1. The molecule has 2 rings (SSSR count). The summed E-state index contributed by atoms with van der Waals surface area (Å²) in [6.45, 7) is -0.102. The molecule has 1 heterocycles. The molecule has 2 aromatic rings. The Morgan fingerprint density at radius 3 is 3.06 bits per heavy atom. The number of carboxylic acids is 1. The molecule has 0 bridgehead atoms. The summed E-state index contributed by atoms with van der Waals surface area (Å²) < 4.78 is 0. The lowest BCUT2D eigenvalue weighted by molar-refractivity contribution is -0.135. The fraction of sp³-hybridized carbons (Fsp3) is 0.200. The van der Waals surface area contributed by atoms with E-state index in [-0.39, 0.29) is 6.54 Å². The molecule has 0 aliphatic heterocycles. The SMILES string of the molecule is CN(CC(=O)O)c1nc2ccc(N)cc2[nH]1. The smallest absolute Gasteiger partial charge is 0.323 e. The van der Waals surface area contributed by atoms with E-state index in [1.807, 2.05) is 0 Å². The Labute approximate surface area is 91.7 Å². The van der Waals surface area contributed by atoms with Gasteiger partial charge in [0, 0.05) is 12.7 Å². The maximum absolute atomic E-state index is 10.5. The number of carbonyl (C=O) groups is 1. The summed E-state index contributed by atoms with van der Waals surface area (Å²) in [5.74, 6) is -0.384. The molecule has 0 amide bonds. The van der Waals surface area contributed by atoms with Crippen molar-refractivity contribution < 1.29 is 9.90 Å². The fourth-order valence-corrected chi connectivity index (χ4v) is 1.47. The minimum Gasteiger partial charge on any atom is -0.480 e. The van der Waals surface area contributed by atoms with Gasteiger partial charge in [0.05, 0.1) is 11.0 Å². The van der Waals surface area contributed by atoms with Gasteiger partial charge in [0.2, 0.25) is 5.95 Å². The molecular formula is C10H12N4O2. The molecule has 0 unspecified atom stereocenters. The Bertz CT molecular complexity index is 535. The predicted molar refractivity (Wildman–Crippen MR) is 61.4 cm³/mol. The second-order valence-electron chi connectivity index (χ2n) is 3.59. The number of likely N-dealkylation sites (N-methyl/N-ethyl adjacent to an activating group) is 1. The summed E-state index contributed by atoms with van der Waals surface area (Å²) in [6, 6.07) is 5.31. The summed E-state index contributed by atoms with van der Waals surface area (Å²) in [5, 5.41) is 8.66. The number of H-pyrrole nitrogens is 1. The third-order valence-electron chi connectivity index (χ3n) is 2.23. The molecule has 0 aliphatic carbocycles. The molecule has 0 aliphatic rings. The molecule has 0 saturated heterocycles. The second-order valence-corrected chi connectivity index (χ2v) is 3.59. The number of aromatic amines is 1. The van der Waals surface area contributed by atoms with E-state index in [1.54, 1.807) is 25.2 Å². The van der Waals surface area contributed by atoms with Crippen LogP contribution in [0.4, 0.5) is 11.6 Å². The van der Waals surface area contributed by atoms with Crippen molar-refractivity contribution in [2.24, 2.45) is 0 Å². The van der Waals surface area contributed by atoms with Crippen molar-refractivity contribution in [3.63, 3.8) is 0 Å². The molecule has 1 aromatic carbocycles. The monoisotopic (exact) mass is 220 g/mol. The van der Waals surface area contributed by atoms with Gasteiger partial charge < -0.3 is 20.7 Å². The van der Waals surface area contributed by atoms with Crippen LogP contribution in [-0.2, 0) is 4.79 Å². The highest BCUT2D eigenvalue weighted by Gasteiger charge is 2.10. The highest BCUT2D eigenvalue weighted by Crippen LogP contribution is 2.18. The van der Waals surface area contributed by atoms with Gasteiger partial charge in [-0.1, -0.05) is 0 Å². The van der Waals surface area contributed by atoms with Crippen molar-refractivity contribution >= 4 is 28.6 Å². The number of anilines is 2. The van der Waals surface area contributed by atoms with Crippen LogP contribution in [0.25, 0.3) is 11.0 Å². The van der Waals surface area contributed by atoms with Crippen LogP contribution in [0, 0.1) is 0 Å². The van der Waals surface area contributed by atoms with E-state index in [0.717, 1.165) is 11.0 Å². The third kappa shape index (κ3) is 1.90. The summed E-state index contributed by atoms with van der Waals surface area (Å²) in [4.78, 5) is 19.3. The first kappa shape index (κ1) is 10.3. The topological polar surface area (TPSA) is 95.2 Å². The van der Waals surface area contributed by atoms with Gasteiger partial charge in [-0.3, -0.25) is 4.79 Å². The first-order valence-electron chi connectivity index (χ1n) is 4.74. The van der Waals surface area contributed by atoms with Crippen molar-refractivity contribution in [2.75, 3.05) is 24.2 Å². The number of nitrogens with one attached hydrogen (secondary N) is 1. The van der Waals surface area contributed by atoms with Gasteiger partial charge in [-0.05, 0) is 18.2 Å². The van der Waals surface area contributed by atoms with Gasteiger partial charge in [0.1, 0.15) is 6.54 Å². The highest BCUT2D eigenvalue weighted by atomic mass is 16.4. The lowest BCUT2D eigenvalue weighted by Crippen LogP contribution is -2.25. The van der Waals surface area contributed by atoms with Crippen molar-refractivity contribution in [3.8, 4) is 0 Å². The number of carboxylic acid groups (broad SMARTS) is 1. The average molecular weight is 220 g/mol. The molecule has 84 valence electrons. The first-order chi connectivity index (χ1) is 7.56. The van der Waals surface area contributed by atoms with Gasteiger partial charge in [-0.15, -0.1) is 0 Å². The Morgan fingerprint density at radius 1 is 1.62 bits per heavy atom. The van der Waals surface area contributed by atoms with E-state index in [2.05, 4.69) is 9.97 Å². The highest BCUT2D eigenvalue weighted by molar-refractivity contribution is 5.81. The van der Waals surface area contributed by atoms with Gasteiger partial charge in [0.25, 0.3) is 0 Å². The number of hydrogen-bond acceptors (Lipinski definition) is 4. The fourth-order valence-electron chi connectivity index (χ4n) is 1.47. The summed E-state index contributed by atoms with van der Waals surface area (Å²) in [6.07, 6.45) is 0. The van der Waals surface area contributed by atoms with Crippen molar-refractivity contribution in [1.82, 2.24) is 9.97 Å². The molecule has 6 nitrogen and oxygen atoms in total. The molecule has 0 fully saturated rings. The number of nitrogens with zero attached hydrogens (tertiary/aromatic N) is 2. The van der Waals surface area contributed by atoms with Crippen LogP contribution in [-0.4, -0.2) is 34.6 Å². The van der Waals surface area contributed by atoms with Gasteiger partial charge in [-0.25, -0.2) is 4.98 Å². The zero-order valence-electron chi connectivity index (χ0n) is 8.77. The number of imidazole rings is 1. The number of rotatable bonds is 3. The van der Waals surface area contributed by atoms with Crippen molar-refractivity contribution in [3.05, 3.63) is 18.2 Å². The van der Waals surface area contributed by atoms with E-state index < -0.39 is 5.97 Å². The van der Waals surface area contributed by atoms with Gasteiger partial charge >= 0.3 is 5.97 Å². The quantitative estimate of drug-likeness (QED) is 0.660. The molecule has 0 radical (unpaired) electrons. The maximum Gasteiger partial charge on any atom is 0.323 e. The standard InChI is InChI=1S/C10H12N4O2/c1-14(5-9(15)16)10-12-7-3-2-6(11)4-8(7)13-10/h2-4H,5,11H2,1H3,(H,12,13)(H,15,16). The van der Waals surface area contributed by atoms with Crippen LogP contribution in [0.5, 0.6) is 0 Å². The lowest BCUT2D eigenvalue weighted by Gasteiger charge is -2.11. The zero-order valence-corrected chi connectivity index (χ0v) is 8.77. The van der Waals surface area contributed by atoms with Crippen LogP contribution in [0.2, 0.25) is 0 Å². The molecular weight excluding hydrogens is 208 g/mol. The number of benzene rings is 1. The largest absolute Gasteiger partial charge is 0.480 e. The van der Waals surface area contributed by atoms with E-state index in [9.17, 15) is 4.79 Å². The van der Waals surface area contributed by atoms with Crippen molar-refractivity contribution in [1.29, 1.82) is 0 Å². The van der Waals surface area contributed by atoms with Gasteiger partial charge in [0.15, 0.2) is 0 Å². The summed E-state index contributed by atoms with van der Waals surface area (Å²) in [7, 11) is 1.66. The summed E-state index contributed by atoms with van der Waals surface area (Å²) in [5.41, 5.74) is 7.84. The Morgan fingerprint density at radius 2 is 2.38 bits per heavy atom. The molecule has 0 atom stereocenters. The van der Waals surface area contributed by atoms with E-state index in [0.29, 0.717) is 11.6 Å². The number of aliphatic carboxylic acids is 1. The Kier molecular flexibility index (Phi) is 2.40. The zero-order chi connectivity index (χ0) is 11.7. The number of fused-ring (bicyclic) bond motifs is 1. The molecule has 1 aromatic heterocycles. The number of hydrogen-bond donors (Lipinski definition) is 3. The van der Waals surface area contributed by atoms with Crippen LogP contribution < -0.4 is 10.6 Å². The molecule has 6 heteroatoms. The predicted octanol–water partition coefficient (Wildman–Crippen LogP) is 0.666.